The number of carbonyl (C=O) groups excluding carboxylic acids is 3. The number of nitrogens with two attached hydrogens (primary N) is 1. The van der Waals surface area contributed by atoms with Crippen LogP contribution < -0.4 is 16.4 Å². The Morgan fingerprint density at radius 1 is 1.20 bits per heavy atom. The Balaban J connectivity index is 2.38. The summed E-state index contributed by atoms with van der Waals surface area (Å²) in [6.07, 6.45) is -7.48. The number of carbonyl (C=O) groups is 3. The lowest BCUT2D eigenvalue weighted by atomic mass is 9.71. The molecule has 0 saturated carbocycles. The Kier molecular flexibility index (Phi) is 9.04. The molecule has 0 aromatic heterocycles. The summed E-state index contributed by atoms with van der Waals surface area (Å²) in [4.78, 5) is 40.1. The van der Waals surface area contributed by atoms with E-state index in [1.807, 2.05) is 0 Å². The van der Waals surface area contributed by atoms with Crippen molar-refractivity contribution in [2.75, 3.05) is 6.54 Å². The molecule has 2 unspecified atom stereocenters. The molecule has 5 N–H and O–H groups in total. The van der Waals surface area contributed by atoms with Crippen molar-refractivity contribution in [2.45, 2.75) is 70.4 Å². The third-order valence-corrected chi connectivity index (χ3v) is 7.02. The molecule has 12 heteroatoms. The molecular weight excluding hydrogens is 510 g/mol. The van der Waals surface area contributed by atoms with Crippen LogP contribution in [0.4, 0.5) is 13.2 Å². The van der Waals surface area contributed by atoms with E-state index in [1.54, 1.807) is 0 Å². The van der Waals surface area contributed by atoms with Crippen molar-refractivity contribution in [1.29, 1.82) is 0 Å². The Morgan fingerprint density at radius 2 is 1.80 bits per heavy atom. The molecule has 7 nitrogen and oxygen atoms in total. The Morgan fingerprint density at radius 3 is 2.26 bits per heavy atom. The van der Waals surface area contributed by atoms with Crippen molar-refractivity contribution in [3.05, 3.63) is 33.8 Å². The zero-order valence-electron chi connectivity index (χ0n) is 19.8. The molecule has 0 aliphatic carbocycles. The van der Waals surface area contributed by atoms with Gasteiger partial charge in [-0.05, 0) is 43.5 Å². The van der Waals surface area contributed by atoms with E-state index in [0.717, 1.165) is 0 Å². The number of halogens is 5. The SMILES string of the molecule is CC(C)C(NC(=O)[C@@]1(C(=O)[C@@H](N)C(C)(C)C(=O)c2ccc(Cl)cc2Cl)CCCN1)C(O)C(F)(F)F. The normalized spacial score (nSPS) is 21.5. The van der Waals surface area contributed by atoms with Gasteiger partial charge in [-0.2, -0.15) is 13.2 Å². The second-order valence-electron chi connectivity index (χ2n) is 9.68. The molecule has 1 aromatic rings. The highest BCUT2D eigenvalue weighted by Crippen LogP contribution is 2.34. The second-order valence-corrected chi connectivity index (χ2v) is 10.5. The van der Waals surface area contributed by atoms with E-state index in [9.17, 15) is 32.7 Å². The minimum atomic E-state index is -4.98. The Bertz CT molecular complexity index is 979. The lowest BCUT2D eigenvalue weighted by Gasteiger charge is -2.38. The maximum atomic E-state index is 13.6. The Hall–Kier alpha value is -1.72. The van der Waals surface area contributed by atoms with Gasteiger partial charge >= 0.3 is 6.18 Å². The lowest BCUT2D eigenvalue weighted by molar-refractivity contribution is -0.215. The quantitative estimate of drug-likeness (QED) is 0.282. The van der Waals surface area contributed by atoms with Gasteiger partial charge in [-0.3, -0.25) is 19.7 Å². The molecule has 35 heavy (non-hydrogen) atoms. The van der Waals surface area contributed by atoms with Gasteiger partial charge in [-0.1, -0.05) is 50.9 Å². The summed E-state index contributed by atoms with van der Waals surface area (Å²) < 4.78 is 39.5. The van der Waals surface area contributed by atoms with Gasteiger partial charge in [0.2, 0.25) is 5.91 Å². The van der Waals surface area contributed by atoms with Gasteiger partial charge in [0.25, 0.3) is 0 Å². The standard InChI is InChI=1S/C23H30Cl2F3N3O4/c1-11(2)15(18(33)23(26,27)28)31-20(35)22(8-5-9-30-22)19(34)16(29)21(3,4)17(32)13-7-6-12(24)10-14(13)25/h6-7,10-11,15-16,18,30,33H,5,8-9,29H2,1-4H3,(H,31,35)/t15?,16-,18?,22+/m1/s1. The van der Waals surface area contributed by atoms with E-state index < -0.39 is 58.7 Å². The Labute approximate surface area is 211 Å². The largest absolute Gasteiger partial charge is 0.416 e. The van der Waals surface area contributed by atoms with E-state index in [0.29, 0.717) is 11.4 Å². The number of hydrogen-bond acceptors (Lipinski definition) is 6. The maximum Gasteiger partial charge on any atom is 0.416 e. The van der Waals surface area contributed by atoms with Crippen molar-refractivity contribution in [2.24, 2.45) is 17.1 Å². The monoisotopic (exact) mass is 539 g/mol. The minimum Gasteiger partial charge on any atom is -0.382 e. The van der Waals surface area contributed by atoms with Crippen molar-refractivity contribution < 1.29 is 32.7 Å². The number of ketones is 2. The summed E-state index contributed by atoms with van der Waals surface area (Å²) in [5.41, 5.74) is 2.83. The summed E-state index contributed by atoms with van der Waals surface area (Å²) in [7, 11) is 0. The highest BCUT2D eigenvalue weighted by Gasteiger charge is 2.55. The summed E-state index contributed by atoms with van der Waals surface area (Å²) in [6, 6.07) is 1.01. The maximum absolute atomic E-state index is 13.6. The molecule has 1 amide bonds. The summed E-state index contributed by atoms with van der Waals surface area (Å²) >= 11 is 12.0. The van der Waals surface area contributed by atoms with Crippen molar-refractivity contribution in [3.63, 3.8) is 0 Å². The predicted octanol–water partition coefficient (Wildman–Crippen LogP) is 3.28. The van der Waals surface area contributed by atoms with Crippen LogP contribution in [0.2, 0.25) is 10.0 Å². The lowest BCUT2D eigenvalue weighted by Crippen LogP contribution is -2.68. The number of amides is 1. The first-order valence-corrected chi connectivity index (χ1v) is 11.8. The van der Waals surface area contributed by atoms with Crippen molar-refractivity contribution in [3.8, 4) is 0 Å². The van der Waals surface area contributed by atoms with Crippen LogP contribution >= 0.6 is 23.2 Å². The third-order valence-electron chi connectivity index (χ3n) is 6.48. The minimum absolute atomic E-state index is 0.0374. The average Bonchev–Trinajstić information content (AvgIpc) is 3.25. The highest BCUT2D eigenvalue weighted by molar-refractivity contribution is 6.37. The molecular formula is C23H30Cl2F3N3O4. The fourth-order valence-corrected chi connectivity index (χ4v) is 4.60. The number of Topliss-reactive ketones (excluding diaryl/α,β-unsaturated/α-hetero) is 2. The van der Waals surface area contributed by atoms with E-state index in [2.05, 4.69) is 10.6 Å². The van der Waals surface area contributed by atoms with E-state index in [4.69, 9.17) is 28.9 Å². The molecule has 1 aromatic carbocycles. The number of rotatable bonds is 9. The second kappa shape index (κ2) is 10.7. The van der Waals surface area contributed by atoms with E-state index >= 15 is 0 Å². The first-order chi connectivity index (χ1) is 16.0. The van der Waals surface area contributed by atoms with Crippen LogP contribution in [0.3, 0.4) is 0 Å². The number of hydrogen-bond donors (Lipinski definition) is 4. The van der Waals surface area contributed by atoms with Crippen LogP contribution in [0.5, 0.6) is 0 Å². The summed E-state index contributed by atoms with van der Waals surface area (Å²) in [6.45, 7) is 5.89. The molecule has 196 valence electrons. The van der Waals surface area contributed by atoms with E-state index in [-0.39, 0.29) is 23.6 Å². The van der Waals surface area contributed by atoms with Gasteiger partial charge in [0.05, 0.1) is 22.5 Å². The zero-order valence-corrected chi connectivity index (χ0v) is 21.3. The van der Waals surface area contributed by atoms with Crippen LogP contribution in [0.15, 0.2) is 18.2 Å². The molecule has 1 aliphatic rings. The van der Waals surface area contributed by atoms with Crippen LogP contribution in [-0.4, -0.2) is 59.0 Å². The molecule has 0 radical (unpaired) electrons. The first-order valence-electron chi connectivity index (χ1n) is 11.1. The number of aliphatic hydroxyl groups excluding tert-OH is 1. The van der Waals surface area contributed by atoms with Crippen molar-refractivity contribution in [1.82, 2.24) is 10.6 Å². The van der Waals surface area contributed by atoms with Gasteiger partial charge in [0, 0.05) is 10.6 Å². The highest BCUT2D eigenvalue weighted by atomic mass is 35.5. The zero-order chi connectivity index (χ0) is 26.9. The predicted molar refractivity (Wildman–Crippen MR) is 126 cm³/mol. The van der Waals surface area contributed by atoms with Crippen LogP contribution in [0, 0.1) is 11.3 Å². The molecule has 1 heterocycles. The van der Waals surface area contributed by atoms with Crippen LogP contribution in [-0.2, 0) is 9.59 Å². The number of benzene rings is 1. The molecule has 1 saturated heterocycles. The first kappa shape index (κ1) is 29.5. The fourth-order valence-electron chi connectivity index (χ4n) is 4.10. The number of nitrogens with one attached hydrogen (secondary N) is 2. The van der Waals surface area contributed by atoms with Gasteiger partial charge in [0.1, 0.15) is 0 Å². The molecule has 2 rings (SSSR count). The molecule has 1 fully saturated rings. The van der Waals surface area contributed by atoms with Gasteiger partial charge in [-0.15, -0.1) is 0 Å². The molecule has 1 aliphatic heterocycles. The molecule has 4 atom stereocenters. The summed E-state index contributed by atoms with van der Waals surface area (Å²) in [5, 5.41) is 15.1. The number of alkyl halides is 3. The van der Waals surface area contributed by atoms with Gasteiger partial charge in [-0.25, -0.2) is 0 Å². The van der Waals surface area contributed by atoms with Gasteiger partial charge in [0.15, 0.2) is 23.2 Å². The van der Waals surface area contributed by atoms with Crippen molar-refractivity contribution >= 4 is 40.7 Å². The van der Waals surface area contributed by atoms with Crippen LogP contribution in [0.25, 0.3) is 0 Å². The van der Waals surface area contributed by atoms with E-state index in [1.165, 1.54) is 45.9 Å². The fraction of sp³-hybridized carbons (Fsp3) is 0.609. The molecule has 0 spiro atoms. The van der Waals surface area contributed by atoms with Gasteiger partial charge < -0.3 is 16.2 Å². The average molecular weight is 540 g/mol. The third kappa shape index (κ3) is 5.99. The summed E-state index contributed by atoms with van der Waals surface area (Å²) in [5.74, 6) is -3.26. The topological polar surface area (TPSA) is 122 Å². The molecule has 0 bridgehead atoms. The number of aliphatic hydroxyl groups is 1. The van der Waals surface area contributed by atoms with Crippen LogP contribution in [0.1, 0.15) is 50.9 Å². The smallest absolute Gasteiger partial charge is 0.382 e.